The summed E-state index contributed by atoms with van der Waals surface area (Å²) < 4.78 is 0. The number of aliphatic hydroxyl groups excluding tert-OH is 1. The first kappa shape index (κ1) is 16.6. The maximum Gasteiger partial charge on any atom is 0.286 e. The van der Waals surface area contributed by atoms with Gasteiger partial charge in [0.2, 0.25) is 0 Å². The Morgan fingerprint density at radius 2 is 2.14 bits per heavy atom. The van der Waals surface area contributed by atoms with Gasteiger partial charge < -0.3 is 15.7 Å². The average molecular weight is 343 g/mol. The highest BCUT2D eigenvalue weighted by Gasteiger charge is 2.27. The number of amides is 2. The fraction of sp³-hybridized carbons (Fsp3) is 0.333. The van der Waals surface area contributed by atoms with Crippen molar-refractivity contribution in [2.24, 2.45) is 0 Å². The number of benzene rings is 1. The molecule has 3 N–H and O–H groups in total. The van der Waals surface area contributed by atoms with Crippen LogP contribution < -0.4 is 10.6 Å². The summed E-state index contributed by atoms with van der Waals surface area (Å²) >= 11 is 11.8. The van der Waals surface area contributed by atoms with E-state index in [0.717, 1.165) is 12.0 Å². The molecule has 0 fully saturated rings. The Hall–Kier alpha value is -1.72. The van der Waals surface area contributed by atoms with Gasteiger partial charge in [0, 0.05) is 6.04 Å². The molecule has 22 heavy (non-hydrogen) atoms. The van der Waals surface area contributed by atoms with Crippen molar-refractivity contribution in [2.45, 2.75) is 25.8 Å². The molecular weight excluding hydrogens is 327 g/mol. The van der Waals surface area contributed by atoms with Crippen molar-refractivity contribution >= 4 is 35.0 Å². The molecule has 0 saturated heterocycles. The Morgan fingerprint density at radius 1 is 1.41 bits per heavy atom. The van der Waals surface area contributed by atoms with Gasteiger partial charge in [-0.2, -0.15) is 0 Å². The molecule has 1 aliphatic heterocycles. The molecule has 2 rings (SSSR count). The van der Waals surface area contributed by atoms with Crippen molar-refractivity contribution in [3.63, 3.8) is 0 Å². The van der Waals surface area contributed by atoms with Crippen LogP contribution in [0.2, 0.25) is 10.0 Å². The predicted molar refractivity (Wildman–Crippen MR) is 85.1 cm³/mol. The van der Waals surface area contributed by atoms with Gasteiger partial charge in [-0.05, 0) is 37.5 Å². The topological polar surface area (TPSA) is 78.4 Å². The number of nitrogens with one attached hydrogen (secondary N) is 2. The second-order valence-corrected chi connectivity index (χ2v) is 5.99. The number of hydrogen-bond donors (Lipinski definition) is 3. The average Bonchev–Trinajstić information content (AvgIpc) is 2.80. The summed E-state index contributed by atoms with van der Waals surface area (Å²) in [6.07, 6.45) is 1.42. The van der Waals surface area contributed by atoms with Gasteiger partial charge >= 0.3 is 0 Å². The first-order valence-corrected chi connectivity index (χ1v) is 7.59. The smallest absolute Gasteiger partial charge is 0.286 e. The Morgan fingerprint density at radius 3 is 2.73 bits per heavy atom. The van der Waals surface area contributed by atoms with Crippen LogP contribution in [0.4, 0.5) is 0 Å². The molecule has 0 aliphatic carbocycles. The van der Waals surface area contributed by atoms with Crippen molar-refractivity contribution in [1.29, 1.82) is 0 Å². The van der Waals surface area contributed by atoms with E-state index in [-0.39, 0.29) is 18.2 Å². The minimum Gasteiger partial charge on any atom is -0.503 e. The second-order valence-electron chi connectivity index (χ2n) is 5.17. The first-order chi connectivity index (χ1) is 10.4. The molecule has 7 heteroatoms. The Bertz CT molecular complexity index is 644. The van der Waals surface area contributed by atoms with Gasteiger partial charge in [-0.25, -0.2) is 0 Å². The minimum atomic E-state index is -0.617. The summed E-state index contributed by atoms with van der Waals surface area (Å²) in [7, 11) is 0. The highest BCUT2D eigenvalue weighted by molar-refractivity contribution is 6.42. The maximum atomic E-state index is 12.0. The number of carbonyl (C=O) groups excluding carboxylic acids is 2. The number of aryl methyl sites for hydroxylation is 1. The number of carbonyl (C=O) groups is 2. The van der Waals surface area contributed by atoms with E-state index in [1.54, 1.807) is 12.1 Å². The van der Waals surface area contributed by atoms with Crippen molar-refractivity contribution < 1.29 is 14.7 Å². The van der Waals surface area contributed by atoms with Crippen molar-refractivity contribution in [3.8, 4) is 0 Å². The van der Waals surface area contributed by atoms with Crippen LogP contribution in [0.3, 0.4) is 0 Å². The van der Waals surface area contributed by atoms with Crippen LogP contribution in [-0.4, -0.2) is 29.5 Å². The zero-order valence-corrected chi connectivity index (χ0v) is 13.5. The fourth-order valence-corrected chi connectivity index (χ4v) is 2.44. The molecule has 0 radical (unpaired) electrons. The van der Waals surface area contributed by atoms with E-state index in [1.165, 1.54) is 0 Å². The van der Waals surface area contributed by atoms with Crippen LogP contribution in [0.1, 0.15) is 18.9 Å². The van der Waals surface area contributed by atoms with E-state index in [1.807, 2.05) is 13.0 Å². The van der Waals surface area contributed by atoms with Crippen LogP contribution in [-0.2, 0) is 16.0 Å². The van der Waals surface area contributed by atoms with Gasteiger partial charge in [0.1, 0.15) is 0 Å². The van der Waals surface area contributed by atoms with E-state index in [4.69, 9.17) is 23.2 Å². The van der Waals surface area contributed by atoms with Crippen molar-refractivity contribution in [3.05, 3.63) is 45.1 Å². The highest BCUT2D eigenvalue weighted by atomic mass is 35.5. The lowest BCUT2D eigenvalue weighted by Crippen LogP contribution is -2.35. The molecule has 1 aliphatic rings. The molecule has 1 aromatic carbocycles. The summed E-state index contributed by atoms with van der Waals surface area (Å²) in [4.78, 5) is 23.1. The normalized spacial score (nSPS) is 15.7. The number of rotatable bonds is 5. The second kappa shape index (κ2) is 7.03. The van der Waals surface area contributed by atoms with Gasteiger partial charge in [-0.1, -0.05) is 29.3 Å². The number of halogens is 2. The third-order valence-electron chi connectivity index (χ3n) is 3.43. The molecule has 1 heterocycles. The Labute approximate surface area is 138 Å². The third kappa shape index (κ3) is 3.93. The zero-order valence-electron chi connectivity index (χ0n) is 12.0. The molecule has 2 amide bonds. The Kier molecular flexibility index (Phi) is 5.32. The van der Waals surface area contributed by atoms with Gasteiger partial charge in [0.25, 0.3) is 11.8 Å². The fourth-order valence-electron chi connectivity index (χ4n) is 2.12. The van der Waals surface area contributed by atoms with E-state index < -0.39 is 17.6 Å². The molecular formula is C15H16Cl2N2O3. The molecule has 0 saturated carbocycles. The number of aliphatic hydroxyl groups is 1. The maximum absolute atomic E-state index is 12.0. The molecule has 1 aromatic rings. The van der Waals surface area contributed by atoms with Gasteiger partial charge in [0.05, 0.1) is 22.2 Å². The first-order valence-electron chi connectivity index (χ1n) is 6.83. The molecule has 1 atom stereocenters. The van der Waals surface area contributed by atoms with Crippen LogP contribution in [0, 0.1) is 0 Å². The standard InChI is InChI=1S/C15H16Cl2N2O3/c1-8(2-3-9-4-5-11(16)12(17)6-9)19-14(21)10-7-18-15(22)13(10)20/h4-6,8,20H,2-3,7H2,1H3,(H,18,22)(H,19,21). The molecule has 5 nitrogen and oxygen atoms in total. The molecule has 0 spiro atoms. The van der Waals surface area contributed by atoms with Crippen molar-refractivity contribution in [2.75, 3.05) is 6.54 Å². The monoisotopic (exact) mass is 342 g/mol. The van der Waals surface area contributed by atoms with Crippen LogP contribution >= 0.6 is 23.2 Å². The van der Waals surface area contributed by atoms with E-state index in [9.17, 15) is 14.7 Å². The lowest BCUT2D eigenvalue weighted by atomic mass is 10.1. The van der Waals surface area contributed by atoms with Gasteiger partial charge in [-0.3, -0.25) is 9.59 Å². The zero-order chi connectivity index (χ0) is 16.3. The summed E-state index contributed by atoms with van der Waals surface area (Å²) in [5, 5.41) is 15.6. The predicted octanol–water partition coefficient (Wildman–Crippen LogP) is 2.37. The largest absolute Gasteiger partial charge is 0.503 e. The van der Waals surface area contributed by atoms with Crippen LogP contribution in [0.25, 0.3) is 0 Å². The molecule has 1 unspecified atom stereocenters. The molecule has 0 aromatic heterocycles. The van der Waals surface area contributed by atoms with E-state index in [0.29, 0.717) is 16.5 Å². The minimum absolute atomic E-state index is 0.0516. The lowest BCUT2D eigenvalue weighted by Gasteiger charge is -2.14. The third-order valence-corrected chi connectivity index (χ3v) is 4.17. The summed E-state index contributed by atoms with van der Waals surface area (Å²) in [5.74, 6) is -1.56. The van der Waals surface area contributed by atoms with Gasteiger partial charge in [-0.15, -0.1) is 0 Å². The molecule has 0 bridgehead atoms. The summed E-state index contributed by atoms with van der Waals surface area (Å²) in [5.41, 5.74) is 1.10. The lowest BCUT2D eigenvalue weighted by molar-refractivity contribution is -0.120. The van der Waals surface area contributed by atoms with Crippen LogP contribution in [0.15, 0.2) is 29.5 Å². The van der Waals surface area contributed by atoms with Gasteiger partial charge in [0.15, 0.2) is 5.76 Å². The Balaban J connectivity index is 1.88. The summed E-state index contributed by atoms with van der Waals surface area (Å²) in [6.45, 7) is 1.91. The summed E-state index contributed by atoms with van der Waals surface area (Å²) in [6, 6.07) is 5.31. The van der Waals surface area contributed by atoms with E-state index >= 15 is 0 Å². The molecule has 118 valence electrons. The van der Waals surface area contributed by atoms with Crippen LogP contribution in [0.5, 0.6) is 0 Å². The SMILES string of the molecule is CC(CCc1ccc(Cl)c(Cl)c1)NC(=O)C1=C(O)C(=O)NC1. The number of hydrogen-bond acceptors (Lipinski definition) is 3. The van der Waals surface area contributed by atoms with E-state index in [2.05, 4.69) is 10.6 Å². The van der Waals surface area contributed by atoms with Crippen molar-refractivity contribution in [1.82, 2.24) is 10.6 Å². The quantitative estimate of drug-likeness (QED) is 0.768. The highest BCUT2D eigenvalue weighted by Crippen LogP contribution is 2.23.